The number of aromatic nitrogens is 1. The first-order valence-corrected chi connectivity index (χ1v) is 5.67. The fraction of sp³-hybridized carbons (Fsp3) is 0.583. The van der Waals surface area contributed by atoms with Crippen molar-refractivity contribution in [1.82, 2.24) is 14.8 Å². The van der Waals surface area contributed by atoms with Crippen LogP contribution in [0, 0.1) is 12.7 Å². The van der Waals surface area contributed by atoms with E-state index in [4.69, 9.17) is 0 Å². The second kappa shape index (κ2) is 4.89. The Morgan fingerprint density at radius 1 is 1.31 bits per heavy atom. The van der Waals surface area contributed by atoms with Crippen molar-refractivity contribution in [3.8, 4) is 0 Å². The summed E-state index contributed by atoms with van der Waals surface area (Å²) in [5.74, 6) is -0.182. The van der Waals surface area contributed by atoms with Gasteiger partial charge in [-0.2, -0.15) is 0 Å². The van der Waals surface area contributed by atoms with Gasteiger partial charge < -0.3 is 4.90 Å². The summed E-state index contributed by atoms with van der Waals surface area (Å²) in [5, 5.41) is 0. The topological polar surface area (TPSA) is 19.4 Å². The van der Waals surface area contributed by atoms with Gasteiger partial charge in [-0.15, -0.1) is 0 Å². The number of nitrogens with zero attached hydrogens (tertiary/aromatic N) is 3. The van der Waals surface area contributed by atoms with E-state index in [-0.39, 0.29) is 5.82 Å². The first-order chi connectivity index (χ1) is 7.65. The van der Waals surface area contributed by atoms with Gasteiger partial charge in [0, 0.05) is 38.9 Å². The van der Waals surface area contributed by atoms with Gasteiger partial charge in [0.25, 0.3) is 0 Å². The molecule has 3 nitrogen and oxygen atoms in total. The lowest BCUT2D eigenvalue weighted by molar-refractivity contribution is 0.145. The van der Waals surface area contributed by atoms with E-state index < -0.39 is 0 Å². The molecule has 16 heavy (non-hydrogen) atoms. The third-order valence-electron chi connectivity index (χ3n) is 3.02. The minimum Gasteiger partial charge on any atom is -0.304 e. The van der Waals surface area contributed by atoms with Crippen LogP contribution in [0.15, 0.2) is 12.3 Å². The van der Waals surface area contributed by atoms with Gasteiger partial charge in [-0.25, -0.2) is 4.39 Å². The Balaban J connectivity index is 1.98. The Hall–Kier alpha value is -1.00. The summed E-state index contributed by atoms with van der Waals surface area (Å²) >= 11 is 0. The molecule has 0 amide bonds. The number of rotatable bonds is 2. The number of halogens is 1. The zero-order chi connectivity index (χ0) is 11.5. The van der Waals surface area contributed by atoms with E-state index in [1.165, 1.54) is 0 Å². The zero-order valence-electron chi connectivity index (χ0n) is 9.91. The van der Waals surface area contributed by atoms with E-state index in [1.54, 1.807) is 12.3 Å². The average Bonchev–Trinajstić information content (AvgIpc) is 2.25. The molecular weight excluding hydrogens is 205 g/mol. The van der Waals surface area contributed by atoms with Crippen LogP contribution in [0.4, 0.5) is 4.39 Å². The van der Waals surface area contributed by atoms with E-state index >= 15 is 0 Å². The molecule has 0 bridgehead atoms. The van der Waals surface area contributed by atoms with Gasteiger partial charge in [-0.05, 0) is 25.6 Å². The first-order valence-electron chi connectivity index (χ1n) is 5.67. The van der Waals surface area contributed by atoms with Crippen LogP contribution in [-0.2, 0) is 6.54 Å². The molecule has 1 aromatic rings. The van der Waals surface area contributed by atoms with Crippen molar-refractivity contribution < 1.29 is 4.39 Å². The maximum Gasteiger partial charge on any atom is 0.146 e. The molecule has 0 spiro atoms. The van der Waals surface area contributed by atoms with Crippen molar-refractivity contribution in [2.75, 3.05) is 33.2 Å². The van der Waals surface area contributed by atoms with E-state index in [0.29, 0.717) is 12.2 Å². The van der Waals surface area contributed by atoms with E-state index in [9.17, 15) is 4.39 Å². The van der Waals surface area contributed by atoms with Crippen LogP contribution in [0.3, 0.4) is 0 Å². The van der Waals surface area contributed by atoms with Crippen molar-refractivity contribution in [2.24, 2.45) is 0 Å². The summed E-state index contributed by atoms with van der Waals surface area (Å²) < 4.78 is 13.6. The van der Waals surface area contributed by atoms with E-state index in [0.717, 1.165) is 31.7 Å². The molecule has 0 atom stereocenters. The quantitative estimate of drug-likeness (QED) is 0.753. The lowest BCUT2D eigenvalue weighted by Gasteiger charge is -2.32. The second-order valence-electron chi connectivity index (χ2n) is 4.52. The molecule has 1 fully saturated rings. The number of aryl methyl sites for hydroxylation is 1. The molecule has 1 aromatic heterocycles. The molecule has 0 aromatic carbocycles. The van der Waals surface area contributed by atoms with Crippen molar-refractivity contribution >= 4 is 0 Å². The van der Waals surface area contributed by atoms with Crippen LogP contribution in [0.2, 0.25) is 0 Å². The SMILES string of the molecule is Cc1cnc(CN2CCN(C)CC2)c(F)c1. The number of piperazine rings is 1. The number of hydrogen-bond acceptors (Lipinski definition) is 3. The third-order valence-corrected chi connectivity index (χ3v) is 3.02. The van der Waals surface area contributed by atoms with Crippen molar-refractivity contribution in [3.63, 3.8) is 0 Å². The fourth-order valence-corrected chi connectivity index (χ4v) is 1.90. The van der Waals surface area contributed by atoms with Crippen LogP contribution in [0.5, 0.6) is 0 Å². The van der Waals surface area contributed by atoms with Crippen molar-refractivity contribution in [1.29, 1.82) is 0 Å². The maximum absolute atomic E-state index is 13.6. The van der Waals surface area contributed by atoms with Crippen LogP contribution in [-0.4, -0.2) is 48.0 Å². The normalized spacial score (nSPS) is 18.9. The predicted octanol–water partition coefficient (Wildman–Crippen LogP) is 1.28. The van der Waals surface area contributed by atoms with Gasteiger partial charge in [0.1, 0.15) is 5.82 Å². The second-order valence-corrected chi connectivity index (χ2v) is 4.52. The smallest absolute Gasteiger partial charge is 0.146 e. The highest BCUT2D eigenvalue weighted by Crippen LogP contribution is 2.10. The number of pyridine rings is 1. The molecule has 88 valence electrons. The summed E-state index contributed by atoms with van der Waals surface area (Å²) in [4.78, 5) is 8.70. The Kier molecular flexibility index (Phi) is 3.51. The summed E-state index contributed by atoms with van der Waals surface area (Å²) in [7, 11) is 2.11. The lowest BCUT2D eigenvalue weighted by Crippen LogP contribution is -2.44. The summed E-state index contributed by atoms with van der Waals surface area (Å²) in [5.41, 5.74) is 1.44. The van der Waals surface area contributed by atoms with Gasteiger partial charge in [-0.3, -0.25) is 9.88 Å². The van der Waals surface area contributed by atoms with Gasteiger partial charge in [0.05, 0.1) is 5.69 Å². The molecule has 1 aliphatic heterocycles. The Morgan fingerprint density at radius 2 is 2.00 bits per heavy atom. The summed E-state index contributed by atoms with van der Waals surface area (Å²) in [6.07, 6.45) is 1.73. The first kappa shape index (κ1) is 11.5. The molecule has 0 N–H and O–H groups in total. The van der Waals surface area contributed by atoms with Crippen LogP contribution >= 0.6 is 0 Å². The Bertz CT molecular complexity index is 359. The number of likely N-dealkylation sites (N-methyl/N-ethyl adjacent to an activating group) is 1. The van der Waals surface area contributed by atoms with Gasteiger partial charge in [0.15, 0.2) is 0 Å². The molecule has 1 saturated heterocycles. The molecular formula is C12H18FN3. The summed E-state index contributed by atoms with van der Waals surface area (Å²) in [6, 6.07) is 1.55. The highest BCUT2D eigenvalue weighted by molar-refractivity contribution is 5.14. The molecule has 4 heteroatoms. The minimum atomic E-state index is -0.182. The molecule has 0 aliphatic carbocycles. The monoisotopic (exact) mass is 223 g/mol. The minimum absolute atomic E-state index is 0.182. The van der Waals surface area contributed by atoms with E-state index in [2.05, 4.69) is 21.8 Å². The molecule has 2 heterocycles. The average molecular weight is 223 g/mol. The fourth-order valence-electron chi connectivity index (χ4n) is 1.90. The van der Waals surface area contributed by atoms with Gasteiger partial charge in [0.2, 0.25) is 0 Å². The number of hydrogen-bond donors (Lipinski definition) is 0. The highest BCUT2D eigenvalue weighted by atomic mass is 19.1. The lowest BCUT2D eigenvalue weighted by atomic mass is 10.2. The third kappa shape index (κ3) is 2.77. The molecule has 0 saturated carbocycles. The molecule has 0 radical (unpaired) electrons. The summed E-state index contributed by atoms with van der Waals surface area (Å²) in [6.45, 7) is 6.56. The Morgan fingerprint density at radius 3 is 2.62 bits per heavy atom. The maximum atomic E-state index is 13.6. The zero-order valence-corrected chi connectivity index (χ0v) is 9.91. The standard InChI is InChI=1S/C12H18FN3/c1-10-7-11(13)12(14-8-10)9-16-5-3-15(2)4-6-16/h7-8H,3-6,9H2,1-2H3. The van der Waals surface area contributed by atoms with Crippen LogP contribution < -0.4 is 0 Å². The Labute approximate surface area is 95.9 Å². The molecule has 0 unspecified atom stereocenters. The van der Waals surface area contributed by atoms with Crippen molar-refractivity contribution in [3.05, 3.63) is 29.3 Å². The predicted molar refractivity (Wildman–Crippen MR) is 61.7 cm³/mol. The highest BCUT2D eigenvalue weighted by Gasteiger charge is 2.16. The van der Waals surface area contributed by atoms with E-state index in [1.807, 2.05) is 6.92 Å². The van der Waals surface area contributed by atoms with Gasteiger partial charge in [-0.1, -0.05) is 0 Å². The van der Waals surface area contributed by atoms with Crippen LogP contribution in [0.25, 0.3) is 0 Å². The molecule has 2 rings (SSSR count). The van der Waals surface area contributed by atoms with Gasteiger partial charge >= 0.3 is 0 Å². The van der Waals surface area contributed by atoms with Crippen molar-refractivity contribution in [2.45, 2.75) is 13.5 Å². The van der Waals surface area contributed by atoms with Crippen LogP contribution in [0.1, 0.15) is 11.3 Å². The molecule has 1 aliphatic rings. The largest absolute Gasteiger partial charge is 0.304 e.